The molecular weight excluding hydrogens is 446 g/mol. The van der Waals surface area contributed by atoms with Crippen molar-refractivity contribution in [1.29, 1.82) is 0 Å². The summed E-state index contributed by atoms with van der Waals surface area (Å²) in [7, 11) is 1.61. The van der Waals surface area contributed by atoms with Gasteiger partial charge in [0.2, 0.25) is 11.8 Å². The maximum absolute atomic E-state index is 13.5. The second-order valence-electron chi connectivity index (χ2n) is 10.3. The first-order valence-electron chi connectivity index (χ1n) is 12.7. The number of hydrogen-bond acceptors (Lipinski definition) is 5. The van der Waals surface area contributed by atoms with Crippen molar-refractivity contribution in [3.05, 3.63) is 45.6 Å². The maximum Gasteiger partial charge on any atom is 0.346 e. The highest BCUT2D eigenvalue weighted by atomic mass is 16.5. The van der Waals surface area contributed by atoms with Crippen molar-refractivity contribution < 1.29 is 14.3 Å². The van der Waals surface area contributed by atoms with Crippen LogP contribution in [0.2, 0.25) is 0 Å². The average molecular weight is 482 g/mol. The van der Waals surface area contributed by atoms with Gasteiger partial charge in [0.05, 0.1) is 19.1 Å². The molecule has 9 heteroatoms. The largest absolute Gasteiger partial charge is 0.383 e. The van der Waals surface area contributed by atoms with Gasteiger partial charge in [-0.25, -0.2) is 9.48 Å². The summed E-state index contributed by atoms with van der Waals surface area (Å²) >= 11 is 0. The number of amides is 2. The molecular formula is C26H35N5O4. The quantitative estimate of drug-likeness (QED) is 0.606. The van der Waals surface area contributed by atoms with Gasteiger partial charge in [-0.3, -0.25) is 14.2 Å². The number of carbonyl (C=O) groups is 2. The molecule has 0 radical (unpaired) electrons. The number of aryl methyl sites for hydroxylation is 2. The third-order valence-electron chi connectivity index (χ3n) is 7.69. The molecule has 2 atom stereocenters. The molecule has 2 aromatic rings. The minimum absolute atomic E-state index is 0.000351. The van der Waals surface area contributed by atoms with Crippen LogP contribution in [-0.2, 0) is 20.9 Å². The van der Waals surface area contributed by atoms with Gasteiger partial charge in [0.15, 0.2) is 0 Å². The molecule has 0 spiro atoms. The van der Waals surface area contributed by atoms with Crippen LogP contribution < -0.4 is 10.6 Å². The molecule has 35 heavy (non-hydrogen) atoms. The van der Waals surface area contributed by atoms with E-state index in [1.54, 1.807) is 12.0 Å². The van der Waals surface area contributed by atoms with Crippen molar-refractivity contribution in [2.24, 2.45) is 5.92 Å². The zero-order valence-corrected chi connectivity index (χ0v) is 20.9. The summed E-state index contributed by atoms with van der Waals surface area (Å²) in [5.41, 5.74) is 3.10. The predicted octanol–water partition coefficient (Wildman–Crippen LogP) is 2.40. The Balaban J connectivity index is 1.31. The Kier molecular flexibility index (Phi) is 6.53. The number of rotatable bonds is 7. The lowest BCUT2D eigenvalue weighted by Crippen LogP contribution is -2.43. The van der Waals surface area contributed by atoms with Crippen LogP contribution in [0.15, 0.2) is 23.0 Å². The van der Waals surface area contributed by atoms with Crippen molar-refractivity contribution in [3.8, 4) is 0 Å². The van der Waals surface area contributed by atoms with Gasteiger partial charge >= 0.3 is 5.69 Å². The summed E-state index contributed by atoms with van der Waals surface area (Å²) in [4.78, 5) is 42.9. The van der Waals surface area contributed by atoms with E-state index in [-0.39, 0.29) is 41.8 Å². The van der Waals surface area contributed by atoms with E-state index in [0.29, 0.717) is 32.8 Å². The average Bonchev–Trinajstić information content (AvgIpc) is 3.54. The first kappa shape index (κ1) is 23.8. The summed E-state index contributed by atoms with van der Waals surface area (Å²) in [5.74, 6) is 0.518. The molecule has 9 nitrogen and oxygen atoms in total. The predicted molar refractivity (Wildman–Crippen MR) is 132 cm³/mol. The molecule has 3 heterocycles. The molecule has 0 bridgehead atoms. The molecule has 1 aromatic heterocycles. The van der Waals surface area contributed by atoms with E-state index in [1.807, 2.05) is 41.5 Å². The van der Waals surface area contributed by atoms with Crippen molar-refractivity contribution in [2.75, 3.05) is 38.3 Å². The third kappa shape index (κ3) is 4.66. The van der Waals surface area contributed by atoms with E-state index < -0.39 is 0 Å². The number of ether oxygens (including phenoxy) is 1. The standard InChI is InChI=1S/C26H35N5O4/c1-17-6-7-22(13-18(17)2)29-16-20(14-23(29)32)25(33)28-10-4-5-19(15-28)24-27-30(11-12-35-3)26(34)31(24)21-8-9-21/h6-7,13,19-21H,4-5,8-12,14-16H2,1-3H3. The summed E-state index contributed by atoms with van der Waals surface area (Å²) < 4.78 is 8.51. The SMILES string of the molecule is COCCn1nc(C2CCCN(C(=O)C3CC(=O)N(c4ccc(C)c(C)c4)C3)C2)n(C2CC2)c1=O. The molecule has 2 amide bonds. The van der Waals surface area contributed by atoms with Crippen molar-refractivity contribution in [2.45, 2.75) is 64.5 Å². The Morgan fingerprint density at radius 1 is 1.11 bits per heavy atom. The van der Waals surface area contributed by atoms with Gasteiger partial charge in [0.25, 0.3) is 0 Å². The van der Waals surface area contributed by atoms with Crippen LogP contribution in [-0.4, -0.2) is 64.4 Å². The minimum atomic E-state index is -0.340. The molecule has 2 unspecified atom stereocenters. The lowest BCUT2D eigenvalue weighted by Gasteiger charge is -2.34. The Morgan fingerprint density at radius 2 is 1.91 bits per heavy atom. The molecule has 3 aliphatic rings. The molecule has 188 valence electrons. The number of anilines is 1. The smallest absolute Gasteiger partial charge is 0.346 e. The summed E-state index contributed by atoms with van der Waals surface area (Å²) in [6.45, 7) is 6.59. The second kappa shape index (κ2) is 9.60. The number of benzene rings is 1. The Labute approximate surface area is 205 Å². The van der Waals surface area contributed by atoms with E-state index in [0.717, 1.165) is 42.8 Å². The lowest BCUT2D eigenvalue weighted by molar-refractivity contribution is -0.137. The summed E-state index contributed by atoms with van der Waals surface area (Å²) in [6.07, 6.45) is 4.00. The van der Waals surface area contributed by atoms with Gasteiger partial charge in [0, 0.05) is 50.8 Å². The second-order valence-corrected chi connectivity index (χ2v) is 10.3. The lowest BCUT2D eigenvalue weighted by atomic mass is 9.95. The van der Waals surface area contributed by atoms with Gasteiger partial charge in [-0.15, -0.1) is 0 Å². The van der Waals surface area contributed by atoms with Crippen LogP contribution in [0.4, 0.5) is 5.69 Å². The Hall–Kier alpha value is -2.94. The van der Waals surface area contributed by atoms with Crippen LogP contribution >= 0.6 is 0 Å². The van der Waals surface area contributed by atoms with Gasteiger partial charge in [-0.2, -0.15) is 5.10 Å². The van der Waals surface area contributed by atoms with Crippen LogP contribution in [0.3, 0.4) is 0 Å². The number of piperidine rings is 1. The zero-order chi connectivity index (χ0) is 24.7. The number of methoxy groups -OCH3 is 1. The van der Waals surface area contributed by atoms with Gasteiger partial charge in [-0.05, 0) is 62.8 Å². The summed E-state index contributed by atoms with van der Waals surface area (Å²) in [6, 6.07) is 6.22. The monoisotopic (exact) mass is 481 g/mol. The van der Waals surface area contributed by atoms with Gasteiger partial charge in [0.1, 0.15) is 5.82 Å². The van der Waals surface area contributed by atoms with Crippen LogP contribution in [0.25, 0.3) is 0 Å². The number of likely N-dealkylation sites (tertiary alicyclic amines) is 1. The first-order valence-corrected chi connectivity index (χ1v) is 12.7. The van der Waals surface area contributed by atoms with E-state index in [9.17, 15) is 14.4 Å². The van der Waals surface area contributed by atoms with Crippen LogP contribution in [0.1, 0.15) is 61.0 Å². The zero-order valence-electron chi connectivity index (χ0n) is 20.9. The van der Waals surface area contributed by atoms with Gasteiger partial charge < -0.3 is 14.5 Å². The Bertz CT molecular complexity index is 1180. The van der Waals surface area contributed by atoms with E-state index in [1.165, 1.54) is 10.2 Å². The highest BCUT2D eigenvalue weighted by Crippen LogP contribution is 2.37. The molecule has 2 saturated heterocycles. The molecule has 1 aliphatic carbocycles. The number of hydrogen-bond donors (Lipinski definition) is 0. The fraction of sp³-hybridized carbons (Fsp3) is 0.615. The normalized spacial score (nSPS) is 22.8. The number of carbonyl (C=O) groups excluding carboxylic acids is 2. The molecule has 1 saturated carbocycles. The van der Waals surface area contributed by atoms with Crippen LogP contribution in [0.5, 0.6) is 0 Å². The molecule has 1 aromatic carbocycles. The maximum atomic E-state index is 13.5. The number of nitrogens with zero attached hydrogens (tertiary/aromatic N) is 5. The molecule has 0 N–H and O–H groups in total. The fourth-order valence-corrected chi connectivity index (χ4v) is 5.38. The molecule has 3 fully saturated rings. The molecule has 5 rings (SSSR count). The highest BCUT2D eigenvalue weighted by molar-refractivity contribution is 6.00. The van der Waals surface area contributed by atoms with Crippen molar-refractivity contribution >= 4 is 17.5 Å². The van der Waals surface area contributed by atoms with Crippen molar-refractivity contribution in [3.63, 3.8) is 0 Å². The van der Waals surface area contributed by atoms with E-state index in [4.69, 9.17) is 4.74 Å². The minimum Gasteiger partial charge on any atom is -0.383 e. The topological polar surface area (TPSA) is 89.7 Å². The third-order valence-corrected chi connectivity index (χ3v) is 7.69. The summed E-state index contributed by atoms with van der Waals surface area (Å²) in [5, 5.41) is 4.69. The van der Waals surface area contributed by atoms with Crippen LogP contribution in [0, 0.1) is 19.8 Å². The first-order chi connectivity index (χ1) is 16.9. The fourth-order valence-electron chi connectivity index (χ4n) is 5.38. The molecule has 2 aliphatic heterocycles. The van der Waals surface area contributed by atoms with Crippen molar-refractivity contribution in [1.82, 2.24) is 19.2 Å². The Morgan fingerprint density at radius 3 is 2.63 bits per heavy atom. The van der Waals surface area contributed by atoms with E-state index in [2.05, 4.69) is 5.10 Å². The van der Waals surface area contributed by atoms with E-state index >= 15 is 0 Å². The number of aromatic nitrogens is 3. The van der Waals surface area contributed by atoms with Gasteiger partial charge in [-0.1, -0.05) is 6.07 Å². The highest BCUT2D eigenvalue weighted by Gasteiger charge is 2.40.